The quantitative estimate of drug-likeness (QED) is 0.820. The zero-order chi connectivity index (χ0) is 18.3. The first-order valence-electron chi connectivity index (χ1n) is 9.29. The molecule has 26 heavy (non-hydrogen) atoms. The van der Waals surface area contributed by atoms with Crippen LogP contribution in [0.25, 0.3) is 11.4 Å². The molecule has 6 nitrogen and oxygen atoms in total. The van der Waals surface area contributed by atoms with Crippen molar-refractivity contribution in [1.29, 1.82) is 0 Å². The highest BCUT2D eigenvalue weighted by Gasteiger charge is 2.34. The van der Waals surface area contributed by atoms with Crippen LogP contribution >= 0.6 is 0 Å². The van der Waals surface area contributed by atoms with Gasteiger partial charge in [-0.2, -0.15) is 5.10 Å². The van der Waals surface area contributed by atoms with Crippen molar-refractivity contribution in [1.82, 2.24) is 14.8 Å². The van der Waals surface area contributed by atoms with Crippen LogP contribution in [0.5, 0.6) is 5.75 Å². The first-order valence-corrected chi connectivity index (χ1v) is 11.1. The molecule has 0 bridgehead atoms. The Morgan fingerprint density at radius 2 is 1.96 bits per heavy atom. The van der Waals surface area contributed by atoms with Crippen molar-refractivity contribution in [3.63, 3.8) is 0 Å². The third-order valence-electron chi connectivity index (χ3n) is 5.52. The molecule has 1 aliphatic carbocycles. The zero-order valence-electron chi connectivity index (χ0n) is 15.3. The molecule has 0 N–H and O–H groups in total. The molecule has 2 heterocycles. The molecular weight excluding hydrogens is 350 g/mol. The summed E-state index contributed by atoms with van der Waals surface area (Å²) in [6.45, 7) is 2.02. The summed E-state index contributed by atoms with van der Waals surface area (Å²) in [6.07, 6.45) is 5.23. The molecule has 1 aromatic heterocycles. The fraction of sp³-hybridized carbons (Fsp3) is 0.579. The van der Waals surface area contributed by atoms with Crippen LogP contribution in [-0.4, -0.2) is 41.8 Å². The van der Waals surface area contributed by atoms with Gasteiger partial charge in [0.2, 0.25) is 0 Å². The summed E-state index contributed by atoms with van der Waals surface area (Å²) in [4.78, 5) is 4.87. The van der Waals surface area contributed by atoms with Crippen LogP contribution in [0, 0.1) is 6.92 Å². The molecule has 2 aromatic rings. The highest BCUT2D eigenvalue weighted by molar-refractivity contribution is 7.91. The number of hydrogen-bond donors (Lipinski definition) is 0. The summed E-state index contributed by atoms with van der Waals surface area (Å²) in [5.41, 5.74) is 1.98. The second-order valence-electron chi connectivity index (χ2n) is 7.48. The van der Waals surface area contributed by atoms with Gasteiger partial charge in [-0.1, -0.05) is 18.9 Å². The standard InChI is InChI=1S/C19H25N3O3S/c1-13-7-8-16(17(11-13)25-2)19-20-18(14-5-3-4-6-14)21-22(19)15-9-10-26(23,24)12-15/h7-8,11,14-15H,3-6,9-10,12H2,1-2H3. The fourth-order valence-corrected chi connectivity index (χ4v) is 5.78. The van der Waals surface area contributed by atoms with Crippen molar-refractivity contribution in [2.24, 2.45) is 0 Å². The predicted octanol–water partition coefficient (Wildman–Crippen LogP) is 3.28. The van der Waals surface area contributed by atoms with Crippen LogP contribution in [0.1, 0.15) is 55.5 Å². The summed E-state index contributed by atoms with van der Waals surface area (Å²) in [5.74, 6) is 3.07. The zero-order valence-corrected chi connectivity index (χ0v) is 16.1. The average Bonchev–Trinajstić information content (AvgIpc) is 3.33. The molecule has 0 amide bonds. The average molecular weight is 375 g/mol. The van der Waals surface area contributed by atoms with Gasteiger partial charge in [0.15, 0.2) is 21.5 Å². The number of rotatable bonds is 4. The van der Waals surface area contributed by atoms with Crippen molar-refractivity contribution in [3.8, 4) is 17.1 Å². The minimum absolute atomic E-state index is 0.141. The number of sulfone groups is 1. The lowest BCUT2D eigenvalue weighted by molar-refractivity contribution is 0.414. The molecule has 2 aliphatic rings. The minimum atomic E-state index is -2.99. The number of aromatic nitrogens is 3. The van der Waals surface area contributed by atoms with Crippen LogP contribution in [0.4, 0.5) is 0 Å². The number of aryl methyl sites for hydroxylation is 1. The second kappa shape index (κ2) is 6.68. The van der Waals surface area contributed by atoms with E-state index in [1.807, 2.05) is 29.8 Å². The molecule has 1 aromatic carbocycles. The van der Waals surface area contributed by atoms with Crippen molar-refractivity contribution >= 4 is 9.84 Å². The van der Waals surface area contributed by atoms with Crippen molar-refractivity contribution in [3.05, 3.63) is 29.6 Å². The van der Waals surface area contributed by atoms with E-state index in [0.29, 0.717) is 12.3 Å². The third kappa shape index (κ3) is 3.24. The Morgan fingerprint density at radius 1 is 1.19 bits per heavy atom. The molecule has 1 atom stereocenters. The van der Waals surface area contributed by atoms with E-state index in [4.69, 9.17) is 14.8 Å². The van der Waals surface area contributed by atoms with Crippen molar-refractivity contribution < 1.29 is 13.2 Å². The molecular formula is C19H25N3O3S. The molecule has 1 aliphatic heterocycles. The van der Waals surface area contributed by atoms with Gasteiger partial charge in [-0.05, 0) is 43.9 Å². The normalized spacial score (nSPS) is 22.8. The molecule has 4 rings (SSSR count). The molecule has 0 spiro atoms. The number of methoxy groups -OCH3 is 1. The second-order valence-corrected chi connectivity index (χ2v) is 9.71. The highest BCUT2D eigenvalue weighted by Crippen LogP contribution is 2.37. The Kier molecular flexibility index (Phi) is 4.50. The van der Waals surface area contributed by atoms with Crippen LogP contribution in [0.2, 0.25) is 0 Å². The monoisotopic (exact) mass is 375 g/mol. The molecule has 140 valence electrons. The van der Waals surface area contributed by atoms with Gasteiger partial charge in [0, 0.05) is 5.92 Å². The number of benzene rings is 1. The molecule has 7 heteroatoms. The smallest absolute Gasteiger partial charge is 0.162 e. The van der Waals surface area contributed by atoms with Crippen LogP contribution < -0.4 is 4.74 Å². The third-order valence-corrected chi connectivity index (χ3v) is 7.27. The van der Waals surface area contributed by atoms with Gasteiger partial charge in [-0.15, -0.1) is 0 Å². The van der Waals surface area contributed by atoms with E-state index in [1.165, 1.54) is 12.8 Å². The lowest BCUT2D eigenvalue weighted by atomic mass is 10.1. The van der Waals surface area contributed by atoms with E-state index in [2.05, 4.69) is 0 Å². The Balaban J connectivity index is 1.82. The SMILES string of the molecule is COc1cc(C)ccc1-c1nc(C2CCCC2)nn1C1CCS(=O)(=O)C1. The van der Waals surface area contributed by atoms with E-state index in [0.717, 1.165) is 41.4 Å². The van der Waals surface area contributed by atoms with Gasteiger partial charge in [-0.3, -0.25) is 0 Å². The van der Waals surface area contributed by atoms with Gasteiger partial charge < -0.3 is 4.74 Å². The van der Waals surface area contributed by atoms with Crippen LogP contribution in [-0.2, 0) is 9.84 Å². The van der Waals surface area contributed by atoms with E-state index < -0.39 is 9.84 Å². The Hall–Kier alpha value is -1.89. The number of nitrogens with zero attached hydrogens (tertiary/aromatic N) is 3. The summed E-state index contributed by atoms with van der Waals surface area (Å²) in [7, 11) is -1.34. The Labute approximate surface area is 154 Å². The summed E-state index contributed by atoms with van der Waals surface area (Å²) in [5, 5.41) is 4.80. The van der Waals surface area contributed by atoms with E-state index in [9.17, 15) is 8.42 Å². The van der Waals surface area contributed by atoms with Gasteiger partial charge in [0.1, 0.15) is 5.75 Å². The first kappa shape index (κ1) is 17.5. The number of hydrogen-bond acceptors (Lipinski definition) is 5. The molecule has 1 unspecified atom stereocenters. The lowest BCUT2D eigenvalue weighted by Crippen LogP contribution is -2.14. The fourth-order valence-electron chi connectivity index (χ4n) is 4.09. The first-order chi connectivity index (χ1) is 12.5. The maximum absolute atomic E-state index is 12.0. The Morgan fingerprint density at radius 3 is 2.62 bits per heavy atom. The molecule has 1 saturated carbocycles. The summed E-state index contributed by atoms with van der Waals surface area (Å²) >= 11 is 0. The predicted molar refractivity (Wildman–Crippen MR) is 100 cm³/mol. The largest absolute Gasteiger partial charge is 0.496 e. The summed E-state index contributed by atoms with van der Waals surface area (Å²) < 4.78 is 31.4. The molecule has 1 saturated heterocycles. The minimum Gasteiger partial charge on any atom is -0.496 e. The maximum atomic E-state index is 12.0. The maximum Gasteiger partial charge on any atom is 0.162 e. The van der Waals surface area contributed by atoms with Gasteiger partial charge in [-0.25, -0.2) is 18.1 Å². The van der Waals surface area contributed by atoms with Crippen LogP contribution in [0.3, 0.4) is 0 Å². The molecule has 2 fully saturated rings. The number of ether oxygens (including phenoxy) is 1. The van der Waals surface area contributed by atoms with Gasteiger partial charge in [0.05, 0.1) is 30.2 Å². The lowest BCUT2D eigenvalue weighted by Gasteiger charge is -2.14. The topological polar surface area (TPSA) is 74.1 Å². The van der Waals surface area contributed by atoms with E-state index in [1.54, 1.807) is 7.11 Å². The highest BCUT2D eigenvalue weighted by atomic mass is 32.2. The molecule has 0 radical (unpaired) electrons. The summed E-state index contributed by atoms with van der Waals surface area (Å²) in [6, 6.07) is 5.85. The van der Waals surface area contributed by atoms with Gasteiger partial charge >= 0.3 is 0 Å². The van der Waals surface area contributed by atoms with Crippen LogP contribution in [0.15, 0.2) is 18.2 Å². The van der Waals surface area contributed by atoms with Gasteiger partial charge in [0.25, 0.3) is 0 Å². The van der Waals surface area contributed by atoms with Crippen molar-refractivity contribution in [2.75, 3.05) is 18.6 Å². The van der Waals surface area contributed by atoms with E-state index >= 15 is 0 Å². The van der Waals surface area contributed by atoms with E-state index in [-0.39, 0.29) is 17.5 Å². The van der Waals surface area contributed by atoms with Crippen molar-refractivity contribution in [2.45, 2.75) is 51.0 Å². The Bertz CT molecular complexity index is 914.